The summed E-state index contributed by atoms with van der Waals surface area (Å²) in [5.74, 6) is -0.424. The third-order valence-corrected chi connectivity index (χ3v) is 3.01. The molecular formula is C13H21ClFN3. The maximum Gasteiger partial charge on any atom is 0.144 e. The van der Waals surface area contributed by atoms with Gasteiger partial charge in [0, 0.05) is 25.7 Å². The summed E-state index contributed by atoms with van der Waals surface area (Å²) < 4.78 is 13.5. The lowest BCUT2D eigenvalue weighted by atomic mass is 10.2. The predicted octanol–water partition coefficient (Wildman–Crippen LogP) is 2.84. The van der Waals surface area contributed by atoms with Crippen molar-refractivity contribution in [2.75, 3.05) is 44.4 Å². The molecular weight excluding hydrogens is 253 g/mol. The fraction of sp³-hybridized carbons (Fsp3) is 0.538. The Morgan fingerprint density at radius 2 is 1.89 bits per heavy atom. The van der Waals surface area contributed by atoms with Crippen molar-refractivity contribution in [1.29, 1.82) is 0 Å². The van der Waals surface area contributed by atoms with Crippen molar-refractivity contribution in [2.24, 2.45) is 0 Å². The summed E-state index contributed by atoms with van der Waals surface area (Å²) in [7, 11) is 4.02. The Morgan fingerprint density at radius 1 is 1.22 bits per heavy atom. The maximum absolute atomic E-state index is 13.5. The summed E-state index contributed by atoms with van der Waals surface area (Å²) in [6.45, 7) is 4.64. The van der Waals surface area contributed by atoms with Crippen molar-refractivity contribution in [2.45, 2.75) is 13.3 Å². The van der Waals surface area contributed by atoms with Gasteiger partial charge in [0.15, 0.2) is 0 Å². The van der Waals surface area contributed by atoms with Gasteiger partial charge in [0.2, 0.25) is 0 Å². The van der Waals surface area contributed by atoms with Crippen molar-refractivity contribution in [3.63, 3.8) is 0 Å². The van der Waals surface area contributed by atoms with Gasteiger partial charge in [-0.15, -0.1) is 0 Å². The molecule has 0 heterocycles. The topological polar surface area (TPSA) is 32.5 Å². The van der Waals surface area contributed by atoms with Crippen LogP contribution in [0.2, 0.25) is 5.02 Å². The molecule has 0 radical (unpaired) electrons. The summed E-state index contributed by atoms with van der Waals surface area (Å²) in [4.78, 5) is 4.18. The molecule has 0 aliphatic rings. The Kier molecular flexibility index (Phi) is 5.69. The first-order valence-electron chi connectivity index (χ1n) is 6.10. The van der Waals surface area contributed by atoms with Crippen LogP contribution in [0.5, 0.6) is 0 Å². The van der Waals surface area contributed by atoms with E-state index in [4.69, 9.17) is 17.3 Å². The molecule has 0 bridgehead atoms. The molecule has 0 aliphatic carbocycles. The van der Waals surface area contributed by atoms with E-state index in [1.807, 2.05) is 14.1 Å². The highest BCUT2D eigenvalue weighted by molar-refractivity contribution is 6.31. The summed E-state index contributed by atoms with van der Waals surface area (Å²) >= 11 is 5.71. The molecule has 1 rings (SSSR count). The molecule has 2 N–H and O–H groups in total. The molecule has 5 heteroatoms. The average Bonchev–Trinajstić information content (AvgIpc) is 2.29. The van der Waals surface area contributed by atoms with Crippen molar-refractivity contribution < 1.29 is 4.39 Å². The van der Waals surface area contributed by atoms with Gasteiger partial charge in [-0.25, -0.2) is 4.39 Å². The zero-order valence-electron chi connectivity index (χ0n) is 11.2. The smallest absolute Gasteiger partial charge is 0.144 e. The second-order valence-electron chi connectivity index (χ2n) is 4.62. The molecule has 0 amide bonds. The maximum atomic E-state index is 13.5. The van der Waals surface area contributed by atoms with Gasteiger partial charge in [0.1, 0.15) is 5.82 Å². The molecule has 0 atom stereocenters. The van der Waals surface area contributed by atoms with Crippen LogP contribution in [0.4, 0.5) is 15.8 Å². The molecule has 102 valence electrons. The van der Waals surface area contributed by atoms with Crippen molar-refractivity contribution in [3.05, 3.63) is 23.0 Å². The van der Waals surface area contributed by atoms with E-state index in [2.05, 4.69) is 16.7 Å². The Balaban J connectivity index is 2.94. The number of anilines is 2. The number of hydrogen-bond donors (Lipinski definition) is 1. The zero-order chi connectivity index (χ0) is 13.7. The van der Waals surface area contributed by atoms with Crippen LogP contribution in [-0.2, 0) is 0 Å². The van der Waals surface area contributed by atoms with Crippen LogP contribution in [0.25, 0.3) is 0 Å². The van der Waals surface area contributed by atoms with Gasteiger partial charge in [0.05, 0.1) is 16.4 Å². The van der Waals surface area contributed by atoms with Gasteiger partial charge in [-0.05, 0) is 26.6 Å². The van der Waals surface area contributed by atoms with Gasteiger partial charge >= 0.3 is 0 Å². The predicted molar refractivity (Wildman–Crippen MR) is 76.9 cm³/mol. The van der Waals surface area contributed by atoms with E-state index < -0.39 is 5.82 Å². The number of hydrogen-bond acceptors (Lipinski definition) is 3. The molecule has 0 fully saturated rings. The number of nitrogens with zero attached hydrogens (tertiary/aromatic N) is 2. The molecule has 1 aromatic rings. The number of halogens is 2. The Bertz CT molecular complexity index is 396. The van der Waals surface area contributed by atoms with E-state index >= 15 is 0 Å². The van der Waals surface area contributed by atoms with Crippen LogP contribution in [0, 0.1) is 5.82 Å². The highest BCUT2D eigenvalue weighted by atomic mass is 35.5. The SMILES string of the molecule is CCCN(CCN(C)C)c1cc(F)c(Cl)cc1N. The molecule has 0 saturated heterocycles. The molecule has 0 aromatic heterocycles. The lowest BCUT2D eigenvalue weighted by Gasteiger charge is -2.27. The zero-order valence-corrected chi connectivity index (χ0v) is 12.0. The van der Waals surface area contributed by atoms with Crippen molar-refractivity contribution in [3.8, 4) is 0 Å². The first kappa shape index (κ1) is 15.1. The minimum absolute atomic E-state index is 0.0697. The highest BCUT2D eigenvalue weighted by Crippen LogP contribution is 2.29. The lowest BCUT2D eigenvalue weighted by molar-refractivity contribution is 0.413. The Morgan fingerprint density at radius 3 is 2.44 bits per heavy atom. The molecule has 0 spiro atoms. The Labute approximate surface area is 113 Å². The number of likely N-dealkylation sites (N-methyl/N-ethyl adjacent to an activating group) is 1. The molecule has 1 aromatic carbocycles. The normalized spacial score (nSPS) is 11.0. The third-order valence-electron chi connectivity index (χ3n) is 2.72. The van der Waals surface area contributed by atoms with Gasteiger partial charge in [-0.2, -0.15) is 0 Å². The molecule has 0 saturated carbocycles. The number of benzene rings is 1. The van der Waals surface area contributed by atoms with Crippen LogP contribution in [0.15, 0.2) is 12.1 Å². The second kappa shape index (κ2) is 6.81. The summed E-state index contributed by atoms with van der Waals surface area (Å²) in [5.41, 5.74) is 7.17. The van der Waals surface area contributed by atoms with Crippen LogP contribution >= 0.6 is 11.6 Å². The van der Waals surface area contributed by atoms with Crippen LogP contribution in [-0.4, -0.2) is 38.6 Å². The van der Waals surface area contributed by atoms with E-state index in [-0.39, 0.29) is 5.02 Å². The van der Waals surface area contributed by atoms with Gasteiger partial charge in [-0.1, -0.05) is 18.5 Å². The van der Waals surface area contributed by atoms with E-state index in [0.717, 1.165) is 31.7 Å². The minimum atomic E-state index is -0.424. The fourth-order valence-corrected chi connectivity index (χ4v) is 1.94. The third kappa shape index (κ3) is 4.03. The largest absolute Gasteiger partial charge is 0.397 e. The van der Waals surface area contributed by atoms with E-state index in [1.54, 1.807) is 0 Å². The number of rotatable bonds is 6. The lowest BCUT2D eigenvalue weighted by Crippen LogP contribution is -2.32. The second-order valence-corrected chi connectivity index (χ2v) is 5.02. The van der Waals surface area contributed by atoms with E-state index in [0.29, 0.717) is 5.69 Å². The molecule has 18 heavy (non-hydrogen) atoms. The van der Waals surface area contributed by atoms with Gasteiger partial charge in [0.25, 0.3) is 0 Å². The Hall–Kier alpha value is -1.00. The van der Waals surface area contributed by atoms with E-state index in [1.165, 1.54) is 12.1 Å². The molecule has 0 unspecified atom stereocenters. The van der Waals surface area contributed by atoms with Crippen LogP contribution in [0.3, 0.4) is 0 Å². The fourth-order valence-electron chi connectivity index (χ4n) is 1.77. The van der Waals surface area contributed by atoms with Crippen LogP contribution < -0.4 is 10.6 Å². The number of nitrogens with two attached hydrogens (primary N) is 1. The van der Waals surface area contributed by atoms with Crippen molar-refractivity contribution >= 4 is 23.0 Å². The van der Waals surface area contributed by atoms with Gasteiger partial charge < -0.3 is 15.5 Å². The minimum Gasteiger partial charge on any atom is -0.397 e. The molecule has 0 aliphatic heterocycles. The molecule has 3 nitrogen and oxygen atoms in total. The highest BCUT2D eigenvalue weighted by Gasteiger charge is 2.13. The monoisotopic (exact) mass is 273 g/mol. The average molecular weight is 274 g/mol. The van der Waals surface area contributed by atoms with Crippen LogP contribution in [0.1, 0.15) is 13.3 Å². The van der Waals surface area contributed by atoms with Gasteiger partial charge in [-0.3, -0.25) is 0 Å². The summed E-state index contributed by atoms with van der Waals surface area (Å²) in [5, 5.41) is 0.0697. The summed E-state index contributed by atoms with van der Waals surface area (Å²) in [6, 6.07) is 2.90. The first-order chi connectivity index (χ1) is 8.45. The van der Waals surface area contributed by atoms with E-state index in [9.17, 15) is 4.39 Å². The number of nitrogen functional groups attached to an aromatic ring is 1. The summed E-state index contributed by atoms with van der Waals surface area (Å²) in [6.07, 6.45) is 0.983. The quantitative estimate of drug-likeness (QED) is 0.809. The van der Waals surface area contributed by atoms with Crippen molar-refractivity contribution in [1.82, 2.24) is 4.90 Å². The first-order valence-corrected chi connectivity index (χ1v) is 6.47. The standard InChI is InChI=1S/C13H21ClFN3/c1-4-5-18(7-6-17(2)3)13-9-11(15)10(14)8-12(13)16/h8-9H,4-7,16H2,1-3H3.